The molecule has 0 aliphatic rings. The van der Waals surface area contributed by atoms with Gasteiger partial charge >= 0.3 is 0 Å². The number of phenols is 1. The van der Waals surface area contributed by atoms with E-state index in [9.17, 15) is 36.6 Å². The molecule has 3 aromatic rings. The van der Waals surface area contributed by atoms with Crippen LogP contribution in [-0.2, 0) is 15.6 Å². The Morgan fingerprint density at radius 1 is 0.771 bits per heavy atom. The van der Waals surface area contributed by atoms with E-state index in [1.165, 1.54) is 0 Å². The molecule has 0 aliphatic carbocycles. The summed E-state index contributed by atoms with van der Waals surface area (Å²) in [6.45, 7) is 16.5. The van der Waals surface area contributed by atoms with Crippen LogP contribution in [0.15, 0.2) is 30.3 Å². The third-order valence-electron chi connectivity index (χ3n) is 9.22. The summed E-state index contributed by atoms with van der Waals surface area (Å²) in [4.78, 5) is 26.5. The number of ether oxygens (including phenoxy) is 1. The van der Waals surface area contributed by atoms with Crippen LogP contribution in [0, 0.1) is 29.1 Å². The van der Waals surface area contributed by atoms with Gasteiger partial charge in [0.1, 0.15) is 17.1 Å². The van der Waals surface area contributed by atoms with Crippen LogP contribution >= 0.6 is 11.6 Å². The maximum Gasteiger partial charge on any atom is 0.268 e. The number of halogens is 6. The van der Waals surface area contributed by atoms with Gasteiger partial charge in [-0.15, -0.1) is 0 Å². The van der Waals surface area contributed by atoms with Gasteiger partial charge in [0.05, 0.1) is 16.4 Å². The lowest BCUT2D eigenvalue weighted by Gasteiger charge is -2.36. The van der Waals surface area contributed by atoms with Gasteiger partial charge in [0.2, 0.25) is 5.82 Å². The fraction of sp³-hybridized carbons (Fsp3) is 0.444. The maximum atomic E-state index is 14.2. The number of rotatable bonds is 13. The summed E-state index contributed by atoms with van der Waals surface area (Å²) in [5, 5.41) is 15.0. The zero-order chi connectivity index (χ0) is 36.4. The molecule has 0 heterocycles. The molecule has 0 radical (unpaired) electrons. The van der Waals surface area contributed by atoms with Crippen molar-refractivity contribution in [2.24, 2.45) is 0 Å². The van der Waals surface area contributed by atoms with E-state index in [0.29, 0.717) is 18.6 Å². The van der Waals surface area contributed by atoms with Crippen LogP contribution in [0.3, 0.4) is 0 Å². The summed E-state index contributed by atoms with van der Waals surface area (Å²) in [6.07, 6.45) is 2.89. The molecule has 262 valence electrons. The smallest absolute Gasteiger partial charge is 0.268 e. The van der Waals surface area contributed by atoms with Gasteiger partial charge in [0.25, 0.3) is 11.8 Å². The van der Waals surface area contributed by atoms with Crippen molar-refractivity contribution in [2.45, 2.75) is 104 Å². The van der Waals surface area contributed by atoms with Gasteiger partial charge in [0.15, 0.2) is 28.9 Å². The van der Waals surface area contributed by atoms with Gasteiger partial charge < -0.3 is 20.5 Å². The second-order valence-corrected chi connectivity index (χ2v) is 13.5. The van der Waals surface area contributed by atoms with Crippen LogP contribution in [0.25, 0.3) is 0 Å². The minimum atomic E-state index is -2.43. The van der Waals surface area contributed by atoms with Crippen LogP contribution in [0.5, 0.6) is 11.5 Å². The van der Waals surface area contributed by atoms with E-state index in [-0.39, 0.29) is 28.0 Å². The second kappa shape index (κ2) is 14.7. The molecular formula is C36H42ClF5N2O4. The first-order valence-corrected chi connectivity index (χ1v) is 16.2. The second-order valence-electron chi connectivity index (χ2n) is 13.1. The molecule has 6 nitrogen and oxygen atoms in total. The number of amides is 2. The summed E-state index contributed by atoms with van der Waals surface area (Å²) in [6, 6.07) is 7.98. The first kappa shape index (κ1) is 38.6. The number of hydrogen-bond donors (Lipinski definition) is 3. The van der Waals surface area contributed by atoms with Gasteiger partial charge in [-0.25, -0.2) is 22.0 Å². The molecule has 0 fully saturated rings. The highest BCUT2D eigenvalue weighted by Gasteiger charge is 2.41. The van der Waals surface area contributed by atoms with Crippen molar-refractivity contribution in [2.75, 3.05) is 10.6 Å². The Kier molecular flexibility index (Phi) is 11.8. The average molecular weight is 697 g/mol. The van der Waals surface area contributed by atoms with Crippen molar-refractivity contribution >= 4 is 34.8 Å². The molecule has 1 unspecified atom stereocenters. The number of anilines is 2. The third kappa shape index (κ3) is 7.56. The Hall–Kier alpha value is -3.86. The molecule has 0 saturated heterocycles. The largest absolute Gasteiger partial charge is 0.506 e. The van der Waals surface area contributed by atoms with E-state index in [1.54, 1.807) is 0 Å². The van der Waals surface area contributed by atoms with E-state index < -0.39 is 63.5 Å². The zero-order valence-corrected chi connectivity index (χ0v) is 29.1. The summed E-state index contributed by atoms with van der Waals surface area (Å²) in [7, 11) is 0. The monoisotopic (exact) mass is 696 g/mol. The van der Waals surface area contributed by atoms with Crippen LogP contribution in [0.4, 0.5) is 33.3 Å². The standard InChI is InChI=1S/C36H42ClF5N2O4/c1-9-15-36(12-4,48-25-14-13-19(34(5,6)10-2)16-20(25)35(7,8)11-3)33(47)44-22-18-24(45)23(17-21(22)37)43-32(46)26-27(38)29(40)31(42)30(41)28(26)39/h13-14,16-18,45H,9-12,15H2,1-8H3,(H,43,46)(H,44,47). The number of aromatic hydroxyl groups is 1. The SMILES string of the molecule is CCCC(CC)(Oc1ccc(C(C)(C)CC)cc1C(C)(C)CC)C(=O)Nc1cc(O)c(NC(=O)c2c(F)c(F)c(F)c(F)c2F)cc1Cl. The minimum Gasteiger partial charge on any atom is -0.506 e. The molecule has 0 saturated carbocycles. The van der Waals surface area contributed by atoms with Gasteiger partial charge in [0, 0.05) is 11.6 Å². The number of hydrogen-bond acceptors (Lipinski definition) is 4. The third-order valence-corrected chi connectivity index (χ3v) is 9.53. The summed E-state index contributed by atoms with van der Waals surface area (Å²) < 4.78 is 75.8. The lowest BCUT2D eigenvalue weighted by atomic mass is 9.76. The molecule has 0 spiro atoms. The molecule has 0 aromatic heterocycles. The first-order valence-electron chi connectivity index (χ1n) is 15.8. The molecule has 3 aromatic carbocycles. The van der Waals surface area contributed by atoms with E-state index >= 15 is 0 Å². The van der Waals surface area contributed by atoms with Crippen LogP contribution in [0.1, 0.15) is 109 Å². The minimum absolute atomic E-state index is 0.0833. The van der Waals surface area contributed by atoms with E-state index in [0.717, 1.165) is 36.1 Å². The topological polar surface area (TPSA) is 87.7 Å². The Labute approximate surface area is 283 Å². The van der Waals surface area contributed by atoms with Crippen molar-refractivity contribution in [3.8, 4) is 11.5 Å². The first-order chi connectivity index (χ1) is 22.3. The number of carbonyl (C=O) groups is 2. The van der Waals surface area contributed by atoms with Gasteiger partial charge in [-0.3, -0.25) is 9.59 Å². The van der Waals surface area contributed by atoms with Crippen molar-refractivity contribution < 1.29 is 41.4 Å². The lowest BCUT2D eigenvalue weighted by Crippen LogP contribution is -2.48. The lowest BCUT2D eigenvalue weighted by molar-refractivity contribution is -0.132. The molecule has 2 amide bonds. The van der Waals surface area contributed by atoms with Crippen LogP contribution in [-0.4, -0.2) is 22.5 Å². The van der Waals surface area contributed by atoms with Crippen LogP contribution in [0.2, 0.25) is 5.02 Å². The van der Waals surface area contributed by atoms with Crippen LogP contribution < -0.4 is 15.4 Å². The molecule has 0 aliphatic heterocycles. The number of carbonyl (C=O) groups excluding carboxylic acids is 2. The number of phenolic OH excluding ortho intramolecular Hbond substituents is 1. The average Bonchev–Trinajstić information content (AvgIpc) is 3.04. The number of benzene rings is 3. The normalized spacial score (nSPS) is 13.2. The van der Waals surface area contributed by atoms with Crippen molar-refractivity contribution in [3.05, 3.63) is 81.1 Å². The summed E-state index contributed by atoms with van der Waals surface area (Å²) >= 11 is 6.38. The maximum absolute atomic E-state index is 14.2. The predicted molar refractivity (Wildman–Crippen MR) is 178 cm³/mol. The Bertz CT molecular complexity index is 1680. The predicted octanol–water partition coefficient (Wildman–Crippen LogP) is 10.3. The van der Waals surface area contributed by atoms with Gasteiger partial charge in [-0.2, -0.15) is 0 Å². The van der Waals surface area contributed by atoms with E-state index in [1.807, 2.05) is 31.3 Å². The fourth-order valence-corrected chi connectivity index (χ4v) is 5.39. The van der Waals surface area contributed by atoms with Gasteiger partial charge in [-0.05, 0) is 54.2 Å². The highest BCUT2D eigenvalue weighted by molar-refractivity contribution is 6.34. The molecule has 12 heteroatoms. The summed E-state index contributed by atoms with van der Waals surface area (Å²) in [5.74, 6) is -14.2. The van der Waals surface area contributed by atoms with E-state index in [4.69, 9.17) is 16.3 Å². The van der Waals surface area contributed by atoms with Gasteiger partial charge in [-0.1, -0.05) is 85.5 Å². The quantitative estimate of drug-likeness (QED) is 0.0718. The molecular weight excluding hydrogens is 655 g/mol. The Balaban J connectivity index is 1.99. The van der Waals surface area contributed by atoms with Crippen molar-refractivity contribution in [1.82, 2.24) is 0 Å². The molecule has 3 rings (SSSR count). The molecule has 1 atom stereocenters. The van der Waals surface area contributed by atoms with E-state index in [2.05, 4.69) is 52.9 Å². The Morgan fingerprint density at radius 2 is 1.33 bits per heavy atom. The fourth-order valence-electron chi connectivity index (χ4n) is 5.18. The highest BCUT2D eigenvalue weighted by atomic mass is 35.5. The number of nitrogens with one attached hydrogen (secondary N) is 2. The highest BCUT2D eigenvalue weighted by Crippen LogP contribution is 2.42. The summed E-state index contributed by atoms with van der Waals surface area (Å²) in [5.41, 5.74) is -1.99. The molecule has 0 bridgehead atoms. The molecule has 3 N–H and O–H groups in total. The Morgan fingerprint density at radius 3 is 1.85 bits per heavy atom. The molecule has 48 heavy (non-hydrogen) atoms. The zero-order valence-electron chi connectivity index (χ0n) is 28.4. The van der Waals surface area contributed by atoms with Crippen molar-refractivity contribution in [3.63, 3.8) is 0 Å². The van der Waals surface area contributed by atoms with Crippen molar-refractivity contribution in [1.29, 1.82) is 0 Å².